The second-order valence-corrected chi connectivity index (χ2v) is 7.18. The first-order valence-electron chi connectivity index (χ1n) is 9.17. The third-order valence-corrected chi connectivity index (χ3v) is 5.25. The van der Waals surface area contributed by atoms with E-state index in [9.17, 15) is 22.4 Å². The van der Waals surface area contributed by atoms with Gasteiger partial charge in [-0.3, -0.25) is 4.79 Å². The van der Waals surface area contributed by atoms with Gasteiger partial charge in [0, 0.05) is 6.20 Å². The van der Waals surface area contributed by atoms with E-state index in [4.69, 9.17) is 0 Å². The van der Waals surface area contributed by atoms with Crippen LogP contribution < -0.4 is 5.32 Å². The Bertz CT molecular complexity index is 708. The molecule has 3 atom stereocenters. The van der Waals surface area contributed by atoms with Gasteiger partial charge in [-0.2, -0.15) is 13.2 Å². The zero-order chi connectivity index (χ0) is 19.4. The number of pyridine rings is 1. The van der Waals surface area contributed by atoms with Crippen molar-refractivity contribution in [2.45, 2.75) is 44.5 Å². The fourth-order valence-corrected chi connectivity index (χ4v) is 3.81. The summed E-state index contributed by atoms with van der Waals surface area (Å²) in [5.41, 5.74) is 0.309. The Balaban J connectivity index is 1.79. The topological polar surface area (TPSA) is 42.0 Å². The molecule has 1 heterocycles. The summed E-state index contributed by atoms with van der Waals surface area (Å²) < 4.78 is 52.8. The molecule has 2 aliphatic carbocycles. The van der Waals surface area contributed by atoms with Crippen molar-refractivity contribution in [3.05, 3.63) is 48.2 Å². The van der Waals surface area contributed by atoms with Gasteiger partial charge in [-0.1, -0.05) is 43.9 Å². The molecule has 1 fully saturated rings. The number of anilines is 1. The Kier molecular flexibility index (Phi) is 5.97. The minimum absolute atomic E-state index is 0.309. The summed E-state index contributed by atoms with van der Waals surface area (Å²) in [7, 11) is 0. The number of halogens is 4. The number of amides is 1. The SMILES string of the molecule is O=C(Nc1ccccn1)C(CC1CCCC1)C1=CC(F)C(C(F)(F)F)C=C1. The molecule has 27 heavy (non-hydrogen) atoms. The van der Waals surface area contributed by atoms with Crippen LogP contribution >= 0.6 is 0 Å². The van der Waals surface area contributed by atoms with E-state index in [1.165, 1.54) is 12.3 Å². The van der Waals surface area contributed by atoms with Crippen molar-refractivity contribution in [2.24, 2.45) is 17.8 Å². The predicted octanol–water partition coefficient (Wildman–Crippen LogP) is 5.23. The van der Waals surface area contributed by atoms with E-state index in [-0.39, 0.29) is 5.91 Å². The van der Waals surface area contributed by atoms with Gasteiger partial charge in [0.1, 0.15) is 17.9 Å². The maximum Gasteiger partial charge on any atom is 0.398 e. The summed E-state index contributed by atoms with van der Waals surface area (Å²) in [6.45, 7) is 0. The molecule has 1 saturated carbocycles. The number of hydrogen-bond donors (Lipinski definition) is 1. The van der Waals surface area contributed by atoms with Gasteiger partial charge in [-0.25, -0.2) is 9.37 Å². The van der Waals surface area contributed by atoms with Gasteiger partial charge >= 0.3 is 6.18 Å². The molecule has 146 valence electrons. The molecule has 3 rings (SSSR count). The summed E-state index contributed by atoms with van der Waals surface area (Å²) in [6, 6.07) is 5.07. The van der Waals surface area contributed by atoms with Crippen LogP contribution in [0.4, 0.5) is 23.4 Å². The van der Waals surface area contributed by atoms with Gasteiger partial charge in [-0.05, 0) is 36.1 Å². The van der Waals surface area contributed by atoms with Crippen molar-refractivity contribution in [1.82, 2.24) is 4.98 Å². The van der Waals surface area contributed by atoms with Crippen molar-refractivity contribution >= 4 is 11.7 Å². The number of rotatable bonds is 5. The first-order valence-corrected chi connectivity index (χ1v) is 9.17. The summed E-state index contributed by atoms with van der Waals surface area (Å²) in [5.74, 6) is -2.54. The van der Waals surface area contributed by atoms with E-state index in [0.717, 1.165) is 37.8 Å². The molecular formula is C20H22F4N2O. The van der Waals surface area contributed by atoms with Crippen molar-refractivity contribution in [3.63, 3.8) is 0 Å². The molecule has 0 saturated heterocycles. The number of hydrogen-bond acceptors (Lipinski definition) is 2. The number of carbonyl (C=O) groups excluding carboxylic acids is 1. The van der Waals surface area contributed by atoms with Gasteiger partial charge in [0.2, 0.25) is 5.91 Å². The first-order chi connectivity index (χ1) is 12.8. The summed E-state index contributed by atoms with van der Waals surface area (Å²) in [5, 5.41) is 2.70. The Morgan fingerprint density at radius 3 is 2.59 bits per heavy atom. The summed E-state index contributed by atoms with van der Waals surface area (Å²) in [4.78, 5) is 16.9. The quantitative estimate of drug-likeness (QED) is 0.709. The normalized spacial score (nSPS) is 24.5. The maximum absolute atomic E-state index is 14.2. The molecule has 1 aromatic heterocycles. The molecule has 1 aromatic rings. The molecule has 0 bridgehead atoms. The van der Waals surface area contributed by atoms with E-state index in [1.54, 1.807) is 18.2 Å². The number of nitrogens with zero attached hydrogens (tertiary/aromatic N) is 1. The van der Waals surface area contributed by atoms with Crippen LogP contribution in [0.15, 0.2) is 48.2 Å². The third-order valence-electron chi connectivity index (χ3n) is 5.25. The minimum Gasteiger partial charge on any atom is -0.310 e. The number of nitrogens with one attached hydrogen (secondary N) is 1. The Labute approximate surface area is 155 Å². The van der Waals surface area contributed by atoms with Crippen molar-refractivity contribution in [3.8, 4) is 0 Å². The fourth-order valence-electron chi connectivity index (χ4n) is 3.81. The Morgan fingerprint density at radius 2 is 2.00 bits per heavy atom. The van der Waals surface area contributed by atoms with Crippen LogP contribution in [-0.4, -0.2) is 23.2 Å². The lowest BCUT2D eigenvalue weighted by Crippen LogP contribution is -2.33. The zero-order valence-electron chi connectivity index (χ0n) is 14.8. The van der Waals surface area contributed by atoms with Crippen LogP contribution in [0.25, 0.3) is 0 Å². The van der Waals surface area contributed by atoms with Crippen LogP contribution in [0.3, 0.4) is 0 Å². The molecular weight excluding hydrogens is 360 g/mol. The molecule has 0 spiro atoms. The largest absolute Gasteiger partial charge is 0.398 e. The van der Waals surface area contributed by atoms with Crippen LogP contribution in [0.5, 0.6) is 0 Å². The molecule has 0 aliphatic heterocycles. The van der Waals surface area contributed by atoms with E-state index < -0.39 is 24.2 Å². The van der Waals surface area contributed by atoms with Crippen LogP contribution in [0, 0.1) is 17.8 Å². The highest BCUT2D eigenvalue weighted by Crippen LogP contribution is 2.39. The molecule has 0 radical (unpaired) electrons. The first kappa shape index (κ1) is 19.6. The molecule has 3 nitrogen and oxygen atoms in total. The fraction of sp³-hybridized carbons (Fsp3) is 0.500. The van der Waals surface area contributed by atoms with Gasteiger partial charge in [0.25, 0.3) is 0 Å². The minimum atomic E-state index is -4.64. The molecule has 7 heteroatoms. The summed E-state index contributed by atoms with van der Waals surface area (Å²) in [6.07, 6.45) is 2.37. The second kappa shape index (κ2) is 8.23. The van der Waals surface area contributed by atoms with Crippen molar-refractivity contribution < 1.29 is 22.4 Å². The van der Waals surface area contributed by atoms with Crippen LogP contribution in [-0.2, 0) is 4.79 Å². The molecule has 1 amide bonds. The standard InChI is InChI=1S/C20H22F4N2O/c21-17-12-14(8-9-16(17)20(22,23)24)15(11-13-5-1-2-6-13)19(27)26-18-7-3-4-10-25-18/h3-4,7-10,12-13,15-17H,1-2,5-6,11H2,(H,25,26,27). The highest BCUT2D eigenvalue weighted by atomic mass is 19.4. The molecule has 2 aliphatic rings. The van der Waals surface area contributed by atoms with Gasteiger partial charge in [0.15, 0.2) is 0 Å². The average Bonchev–Trinajstić information content (AvgIpc) is 3.12. The highest BCUT2D eigenvalue weighted by molar-refractivity contribution is 5.94. The smallest absolute Gasteiger partial charge is 0.310 e. The van der Waals surface area contributed by atoms with Gasteiger partial charge < -0.3 is 5.32 Å². The number of allylic oxidation sites excluding steroid dienone is 3. The van der Waals surface area contributed by atoms with Gasteiger partial charge in [-0.15, -0.1) is 0 Å². The molecule has 3 unspecified atom stereocenters. The number of carbonyl (C=O) groups is 1. The monoisotopic (exact) mass is 382 g/mol. The second-order valence-electron chi connectivity index (χ2n) is 7.18. The molecule has 0 aromatic carbocycles. The lowest BCUT2D eigenvalue weighted by Gasteiger charge is -2.27. The van der Waals surface area contributed by atoms with E-state index >= 15 is 0 Å². The molecule has 1 N–H and O–H groups in total. The van der Waals surface area contributed by atoms with E-state index in [1.807, 2.05) is 0 Å². The highest BCUT2D eigenvalue weighted by Gasteiger charge is 2.44. The van der Waals surface area contributed by atoms with Crippen LogP contribution in [0.2, 0.25) is 0 Å². The summed E-state index contributed by atoms with van der Waals surface area (Å²) >= 11 is 0. The van der Waals surface area contributed by atoms with E-state index in [0.29, 0.717) is 23.7 Å². The third kappa shape index (κ3) is 4.96. The predicted molar refractivity (Wildman–Crippen MR) is 94.6 cm³/mol. The average molecular weight is 382 g/mol. The zero-order valence-corrected chi connectivity index (χ0v) is 14.8. The van der Waals surface area contributed by atoms with E-state index in [2.05, 4.69) is 10.3 Å². The number of alkyl halides is 4. The van der Waals surface area contributed by atoms with Crippen molar-refractivity contribution in [2.75, 3.05) is 5.32 Å². The van der Waals surface area contributed by atoms with Crippen molar-refractivity contribution in [1.29, 1.82) is 0 Å². The maximum atomic E-state index is 14.2. The van der Waals surface area contributed by atoms with Crippen LogP contribution in [0.1, 0.15) is 32.1 Å². The lowest BCUT2D eigenvalue weighted by molar-refractivity contribution is -0.171. The van der Waals surface area contributed by atoms with Gasteiger partial charge in [0.05, 0.1) is 5.92 Å². The Hall–Kier alpha value is -2.18. The number of aromatic nitrogens is 1. The Morgan fingerprint density at radius 1 is 1.26 bits per heavy atom. The lowest BCUT2D eigenvalue weighted by atomic mass is 9.82.